The van der Waals surface area contributed by atoms with Gasteiger partial charge < -0.3 is 9.47 Å². The van der Waals surface area contributed by atoms with Crippen LogP contribution in [0.5, 0.6) is 11.5 Å². The third-order valence-electron chi connectivity index (χ3n) is 1.99. The van der Waals surface area contributed by atoms with Gasteiger partial charge in [-0.2, -0.15) is 0 Å². The first-order valence-electron chi connectivity index (χ1n) is 5.15. The lowest BCUT2D eigenvalue weighted by Crippen LogP contribution is -1.91. The molecule has 3 heteroatoms. The number of benzene rings is 2. The second kappa shape index (κ2) is 5.97. The second-order valence-electron chi connectivity index (χ2n) is 3.27. The molecule has 0 bridgehead atoms. The Morgan fingerprint density at radius 3 is 1.94 bits per heavy atom. The topological polar surface area (TPSA) is 18.5 Å². The average Bonchev–Trinajstić information content (AvgIpc) is 2.39. The van der Waals surface area contributed by atoms with E-state index in [1.54, 1.807) is 0 Å². The summed E-state index contributed by atoms with van der Waals surface area (Å²) in [4.78, 5) is 0. The third-order valence-corrected chi connectivity index (χ3v) is 2.16. The highest BCUT2D eigenvalue weighted by atomic mass is 35.5. The van der Waals surface area contributed by atoms with Gasteiger partial charge in [0.25, 0.3) is 0 Å². The Morgan fingerprint density at radius 2 is 1.35 bits per heavy atom. The fourth-order valence-electron chi connectivity index (χ4n) is 1.24. The molecule has 0 amide bonds. The summed E-state index contributed by atoms with van der Waals surface area (Å²) in [6, 6.07) is 18.6. The van der Waals surface area contributed by atoms with Crippen LogP contribution in [0.15, 0.2) is 72.1 Å². The summed E-state index contributed by atoms with van der Waals surface area (Å²) in [7, 11) is 0. The van der Waals surface area contributed by atoms with Gasteiger partial charge in [-0.15, -0.1) is 0 Å². The normalized spacial score (nSPS) is 11.0. The van der Waals surface area contributed by atoms with Crippen LogP contribution in [0.4, 0.5) is 0 Å². The van der Waals surface area contributed by atoms with Gasteiger partial charge in [0, 0.05) is 0 Å². The lowest BCUT2D eigenvalue weighted by atomic mass is 10.3. The molecular weight excluding hydrogens is 236 g/mol. The number of rotatable bonds is 4. The Labute approximate surface area is 105 Å². The predicted molar refractivity (Wildman–Crippen MR) is 68.1 cm³/mol. The first-order valence-corrected chi connectivity index (χ1v) is 5.53. The van der Waals surface area contributed by atoms with Crippen molar-refractivity contribution in [2.24, 2.45) is 0 Å². The van der Waals surface area contributed by atoms with E-state index in [1.807, 2.05) is 60.7 Å². The lowest BCUT2D eigenvalue weighted by molar-refractivity contribution is 0.408. The van der Waals surface area contributed by atoms with Crippen molar-refractivity contribution in [3.63, 3.8) is 0 Å². The minimum absolute atomic E-state index is 0.181. The maximum absolute atomic E-state index is 5.88. The molecule has 0 aliphatic heterocycles. The zero-order valence-electron chi connectivity index (χ0n) is 9.05. The molecule has 0 aliphatic carbocycles. The maximum Gasteiger partial charge on any atom is 0.228 e. The summed E-state index contributed by atoms with van der Waals surface area (Å²) < 4.78 is 10.7. The van der Waals surface area contributed by atoms with E-state index < -0.39 is 0 Å². The van der Waals surface area contributed by atoms with Crippen LogP contribution in [0.2, 0.25) is 0 Å². The van der Waals surface area contributed by atoms with Crippen LogP contribution in [0, 0.1) is 0 Å². The van der Waals surface area contributed by atoms with Gasteiger partial charge in [0.1, 0.15) is 17.8 Å². The van der Waals surface area contributed by atoms with E-state index in [4.69, 9.17) is 21.1 Å². The smallest absolute Gasteiger partial charge is 0.228 e. The van der Waals surface area contributed by atoms with Crippen molar-refractivity contribution in [2.75, 3.05) is 0 Å². The fraction of sp³-hybridized carbons (Fsp3) is 0. The highest BCUT2D eigenvalue weighted by Gasteiger charge is 1.97. The molecule has 0 spiro atoms. The van der Waals surface area contributed by atoms with Gasteiger partial charge in [-0.05, 0) is 35.9 Å². The Bertz CT molecular complexity index is 480. The summed E-state index contributed by atoms with van der Waals surface area (Å²) in [5.74, 6) is 1.38. The predicted octanol–water partition coefficient (Wildman–Crippen LogP) is 4.18. The Hall–Kier alpha value is -1.93. The van der Waals surface area contributed by atoms with E-state index in [0.29, 0.717) is 11.5 Å². The molecule has 0 fully saturated rings. The molecule has 0 unspecified atom stereocenters. The van der Waals surface area contributed by atoms with Crippen molar-refractivity contribution in [3.05, 3.63) is 72.1 Å². The van der Waals surface area contributed by atoms with E-state index in [9.17, 15) is 0 Å². The standard InChI is InChI=1S/C14H11ClO2/c15-14(17-13-9-5-2-6-10-13)11-16-12-7-3-1-4-8-12/h1-11H. The number of para-hydroxylation sites is 2. The second-order valence-corrected chi connectivity index (χ2v) is 3.64. The summed E-state index contributed by atoms with van der Waals surface area (Å²) in [6.45, 7) is 0. The Morgan fingerprint density at radius 1 is 0.824 bits per heavy atom. The Kier molecular flexibility index (Phi) is 4.05. The maximum atomic E-state index is 5.88. The van der Waals surface area contributed by atoms with Crippen molar-refractivity contribution < 1.29 is 9.47 Å². The van der Waals surface area contributed by atoms with Gasteiger partial charge in [0.05, 0.1) is 0 Å². The molecule has 0 saturated carbocycles. The number of halogens is 1. The van der Waals surface area contributed by atoms with E-state index in [2.05, 4.69) is 0 Å². The summed E-state index contributed by atoms with van der Waals surface area (Å²) in [5, 5.41) is 0.181. The molecule has 0 radical (unpaired) electrons. The van der Waals surface area contributed by atoms with Gasteiger partial charge in [-0.25, -0.2) is 0 Å². The number of ether oxygens (including phenoxy) is 2. The van der Waals surface area contributed by atoms with E-state index in [0.717, 1.165) is 0 Å². The van der Waals surface area contributed by atoms with Gasteiger partial charge in [-0.3, -0.25) is 0 Å². The van der Waals surface area contributed by atoms with Crippen LogP contribution >= 0.6 is 11.6 Å². The zero-order chi connectivity index (χ0) is 11.9. The van der Waals surface area contributed by atoms with E-state index >= 15 is 0 Å². The quantitative estimate of drug-likeness (QED) is 0.754. The number of hydrogen-bond donors (Lipinski definition) is 0. The first-order chi connectivity index (χ1) is 8.34. The van der Waals surface area contributed by atoms with Gasteiger partial charge in [0.15, 0.2) is 0 Å². The molecule has 0 atom stereocenters. The van der Waals surface area contributed by atoms with Crippen LogP contribution in [-0.4, -0.2) is 0 Å². The van der Waals surface area contributed by atoms with Crippen LogP contribution < -0.4 is 9.47 Å². The molecule has 0 aromatic heterocycles. The fourth-order valence-corrected chi connectivity index (χ4v) is 1.37. The molecule has 17 heavy (non-hydrogen) atoms. The Balaban J connectivity index is 1.94. The van der Waals surface area contributed by atoms with Crippen LogP contribution in [0.3, 0.4) is 0 Å². The van der Waals surface area contributed by atoms with Crippen LogP contribution in [0.1, 0.15) is 0 Å². The third kappa shape index (κ3) is 3.85. The SMILES string of the molecule is ClC(=COc1ccccc1)Oc1ccccc1. The molecule has 0 aliphatic rings. The first kappa shape index (κ1) is 11.6. The molecule has 86 valence electrons. The van der Waals surface area contributed by atoms with Crippen molar-refractivity contribution in [2.45, 2.75) is 0 Å². The zero-order valence-corrected chi connectivity index (χ0v) is 9.80. The molecule has 0 N–H and O–H groups in total. The monoisotopic (exact) mass is 246 g/mol. The molecule has 0 saturated heterocycles. The molecule has 0 heterocycles. The average molecular weight is 247 g/mol. The van der Waals surface area contributed by atoms with Gasteiger partial charge in [-0.1, -0.05) is 36.4 Å². The van der Waals surface area contributed by atoms with Crippen molar-refractivity contribution in [1.82, 2.24) is 0 Å². The van der Waals surface area contributed by atoms with Crippen LogP contribution in [0.25, 0.3) is 0 Å². The summed E-state index contributed by atoms with van der Waals surface area (Å²) in [5.41, 5.74) is 0. The van der Waals surface area contributed by atoms with Gasteiger partial charge >= 0.3 is 0 Å². The van der Waals surface area contributed by atoms with Crippen molar-refractivity contribution in [1.29, 1.82) is 0 Å². The molecule has 2 nitrogen and oxygen atoms in total. The van der Waals surface area contributed by atoms with E-state index in [1.165, 1.54) is 6.26 Å². The van der Waals surface area contributed by atoms with E-state index in [-0.39, 0.29) is 5.22 Å². The largest absolute Gasteiger partial charge is 0.460 e. The minimum Gasteiger partial charge on any atom is -0.460 e. The highest BCUT2D eigenvalue weighted by molar-refractivity contribution is 6.28. The molecule has 2 aromatic carbocycles. The van der Waals surface area contributed by atoms with Crippen molar-refractivity contribution >= 4 is 11.6 Å². The molecular formula is C14H11ClO2. The minimum atomic E-state index is 0.181. The highest BCUT2D eigenvalue weighted by Crippen LogP contribution is 2.16. The summed E-state index contributed by atoms with van der Waals surface area (Å²) >= 11 is 5.88. The molecule has 2 aromatic rings. The molecule has 2 rings (SSSR count). The van der Waals surface area contributed by atoms with Gasteiger partial charge in [0.2, 0.25) is 5.22 Å². The lowest BCUT2D eigenvalue weighted by Gasteiger charge is -2.04. The van der Waals surface area contributed by atoms with Crippen LogP contribution in [-0.2, 0) is 0 Å². The number of hydrogen-bond acceptors (Lipinski definition) is 2. The summed E-state index contributed by atoms with van der Waals surface area (Å²) in [6.07, 6.45) is 1.36. The van der Waals surface area contributed by atoms with Crippen molar-refractivity contribution in [3.8, 4) is 11.5 Å².